The standard InChI is InChI=1S/C16H16N2O4/c19-13-11-7-6-10(8-12(11)15(21)18-16(13)22)17-14(20)9-4-2-1-3-5-9/h6-9H,1-5H2,(H,17,20)(H,18,21,22). The van der Waals surface area contributed by atoms with Crippen molar-refractivity contribution in [1.29, 1.82) is 0 Å². The van der Waals surface area contributed by atoms with Crippen LogP contribution in [0.15, 0.2) is 18.2 Å². The van der Waals surface area contributed by atoms with E-state index in [0.717, 1.165) is 25.7 Å². The van der Waals surface area contributed by atoms with Crippen LogP contribution in [-0.2, 0) is 9.59 Å². The quantitative estimate of drug-likeness (QED) is 0.641. The predicted molar refractivity (Wildman–Crippen MR) is 78.5 cm³/mol. The molecule has 114 valence electrons. The highest BCUT2D eigenvalue weighted by Gasteiger charge is 2.30. The summed E-state index contributed by atoms with van der Waals surface area (Å²) in [5.41, 5.74) is 0.655. The van der Waals surface area contributed by atoms with Crippen molar-refractivity contribution in [3.05, 3.63) is 29.3 Å². The average molecular weight is 300 g/mol. The van der Waals surface area contributed by atoms with Crippen LogP contribution >= 0.6 is 0 Å². The van der Waals surface area contributed by atoms with Crippen LogP contribution in [0.25, 0.3) is 0 Å². The number of amides is 3. The lowest BCUT2D eigenvalue weighted by Gasteiger charge is -2.21. The summed E-state index contributed by atoms with van der Waals surface area (Å²) in [4.78, 5) is 47.0. The Morgan fingerprint density at radius 1 is 1.00 bits per heavy atom. The van der Waals surface area contributed by atoms with Crippen LogP contribution in [0, 0.1) is 5.92 Å². The molecule has 22 heavy (non-hydrogen) atoms. The van der Waals surface area contributed by atoms with Gasteiger partial charge in [0.25, 0.3) is 17.6 Å². The maximum Gasteiger partial charge on any atom is 0.299 e. The third-order valence-electron chi connectivity index (χ3n) is 4.19. The molecule has 1 aliphatic heterocycles. The zero-order chi connectivity index (χ0) is 15.7. The Labute approximate surface area is 127 Å². The fourth-order valence-corrected chi connectivity index (χ4v) is 2.97. The van der Waals surface area contributed by atoms with E-state index in [-0.39, 0.29) is 23.0 Å². The summed E-state index contributed by atoms with van der Waals surface area (Å²) < 4.78 is 0. The molecule has 2 N–H and O–H groups in total. The van der Waals surface area contributed by atoms with Gasteiger partial charge in [-0.1, -0.05) is 19.3 Å². The van der Waals surface area contributed by atoms with Crippen LogP contribution in [-0.4, -0.2) is 23.5 Å². The van der Waals surface area contributed by atoms with Crippen molar-refractivity contribution in [2.24, 2.45) is 5.92 Å². The smallest absolute Gasteiger partial charge is 0.299 e. The van der Waals surface area contributed by atoms with Crippen LogP contribution in [0.2, 0.25) is 0 Å². The van der Waals surface area contributed by atoms with E-state index in [9.17, 15) is 19.2 Å². The first kappa shape index (κ1) is 14.4. The molecule has 1 fully saturated rings. The number of Topliss-reactive ketones (excluding diaryl/α,β-unsaturated/α-hetero) is 1. The first-order chi connectivity index (χ1) is 10.6. The maximum absolute atomic E-state index is 12.2. The topological polar surface area (TPSA) is 92.3 Å². The highest BCUT2D eigenvalue weighted by atomic mass is 16.2. The lowest BCUT2D eigenvalue weighted by Crippen LogP contribution is -2.42. The highest BCUT2D eigenvalue weighted by Crippen LogP contribution is 2.26. The SMILES string of the molecule is O=C1NC(=O)c2cc(NC(=O)C3CCCCC3)ccc2C1=O. The van der Waals surface area contributed by atoms with Crippen molar-refractivity contribution >= 4 is 29.2 Å². The number of carbonyl (C=O) groups is 4. The van der Waals surface area contributed by atoms with E-state index >= 15 is 0 Å². The molecule has 0 unspecified atom stereocenters. The molecule has 6 nitrogen and oxygen atoms in total. The molecule has 0 aromatic heterocycles. The van der Waals surface area contributed by atoms with Crippen molar-refractivity contribution in [1.82, 2.24) is 5.32 Å². The molecule has 1 aromatic carbocycles. The van der Waals surface area contributed by atoms with Crippen molar-refractivity contribution in [3.8, 4) is 0 Å². The van der Waals surface area contributed by atoms with Crippen molar-refractivity contribution in [2.45, 2.75) is 32.1 Å². The predicted octanol–water partition coefficient (Wildman–Crippen LogP) is 1.66. The number of nitrogens with one attached hydrogen (secondary N) is 2. The van der Waals surface area contributed by atoms with Crippen LogP contribution in [0.4, 0.5) is 5.69 Å². The van der Waals surface area contributed by atoms with E-state index in [4.69, 9.17) is 0 Å². The number of fused-ring (bicyclic) bond motifs is 1. The molecule has 1 aromatic rings. The Kier molecular flexibility index (Phi) is 3.75. The van der Waals surface area contributed by atoms with Gasteiger partial charge in [0.15, 0.2) is 0 Å². The van der Waals surface area contributed by atoms with Gasteiger partial charge >= 0.3 is 0 Å². The summed E-state index contributed by atoms with van der Waals surface area (Å²) in [5, 5.41) is 4.78. The monoisotopic (exact) mass is 300 g/mol. The summed E-state index contributed by atoms with van der Waals surface area (Å²) in [6.07, 6.45) is 5.04. The molecule has 3 amide bonds. The minimum Gasteiger partial charge on any atom is -0.326 e. The molecule has 1 aliphatic carbocycles. The third kappa shape index (κ3) is 2.64. The fraction of sp³-hybridized carbons (Fsp3) is 0.375. The largest absolute Gasteiger partial charge is 0.326 e. The van der Waals surface area contributed by atoms with Gasteiger partial charge in [0, 0.05) is 17.2 Å². The lowest BCUT2D eigenvalue weighted by molar-refractivity contribution is -0.120. The van der Waals surface area contributed by atoms with Gasteiger partial charge in [-0.25, -0.2) is 0 Å². The summed E-state index contributed by atoms with van der Waals surface area (Å²) in [5.74, 6) is -2.33. The summed E-state index contributed by atoms with van der Waals surface area (Å²) >= 11 is 0. The summed E-state index contributed by atoms with van der Waals surface area (Å²) in [6.45, 7) is 0. The second kappa shape index (κ2) is 5.71. The molecule has 0 atom stereocenters. The van der Waals surface area contributed by atoms with E-state index in [1.807, 2.05) is 5.32 Å². The average Bonchev–Trinajstić information content (AvgIpc) is 2.53. The van der Waals surface area contributed by atoms with Crippen molar-refractivity contribution < 1.29 is 19.2 Å². The number of hydrogen-bond acceptors (Lipinski definition) is 4. The van der Waals surface area contributed by atoms with Crippen molar-refractivity contribution in [3.63, 3.8) is 0 Å². The summed E-state index contributed by atoms with van der Waals surface area (Å²) in [7, 11) is 0. The van der Waals surface area contributed by atoms with Crippen LogP contribution in [0.5, 0.6) is 0 Å². The normalized spacial score (nSPS) is 18.6. The second-order valence-electron chi connectivity index (χ2n) is 5.70. The molecular weight excluding hydrogens is 284 g/mol. The van der Waals surface area contributed by atoms with Crippen LogP contribution in [0.1, 0.15) is 52.8 Å². The Balaban J connectivity index is 1.80. The molecule has 0 spiro atoms. The number of benzene rings is 1. The number of rotatable bonds is 2. The Morgan fingerprint density at radius 2 is 1.73 bits per heavy atom. The Bertz CT molecular complexity index is 675. The first-order valence-electron chi connectivity index (χ1n) is 7.41. The number of hydrogen-bond donors (Lipinski definition) is 2. The van der Waals surface area contributed by atoms with Gasteiger partial charge < -0.3 is 5.32 Å². The van der Waals surface area contributed by atoms with Gasteiger partial charge in [-0.3, -0.25) is 24.5 Å². The molecule has 1 heterocycles. The van der Waals surface area contributed by atoms with Crippen LogP contribution < -0.4 is 10.6 Å². The van der Waals surface area contributed by atoms with Gasteiger partial charge in [-0.05, 0) is 31.0 Å². The molecular formula is C16H16N2O4. The van der Waals surface area contributed by atoms with Gasteiger partial charge in [0.1, 0.15) is 0 Å². The molecule has 1 saturated carbocycles. The van der Waals surface area contributed by atoms with Gasteiger partial charge in [0.05, 0.1) is 5.56 Å². The van der Waals surface area contributed by atoms with Gasteiger partial charge in [-0.15, -0.1) is 0 Å². The van der Waals surface area contributed by atoms with Crippen molar-refractivity contribution in [2.75, 3.05) is 5.32 Å². The van der Waals surface area contributed by atoms with E-state index in [1.54, 1.807) is 6.07 Å². The minimum absolute atomic E-state index is 0.00168. The van der Waals surface area contributed by atoms with Crippen LogP contribution in [0.3, 0.4) is 0 Å². The number of imide groups is 1. The van der Waals surface area contributed by atoms with Gasteiger partial charge in [-0.2, -0.15) is 0 Å². The Hall–Kier alpha value is -2.50. The zero-order valence-electron chi connectivity index (χ0n) is 12.0. The number of carbonyl (C=O) groups excluding carboxylic acids is 4. The molecule has 6 heteroatoms. The molecule has 0 bridgehead atoms. The number of anilines is 1. The molecule has 0 saturated heterocycles. The molecule has 0 radical (unpaired) electrons. The van der Waals surface area contributed by atoms with E-state index in [0.29, 0.717) is 5.69 Å². The lowest BCUT2D eigenvalue weighted by atomic mass is 9.88. The highest BCUT2D eigenvalue weighted by molar-refractivity contribution is 6.49. The molecule has 2 aliphatic rings. The zero-order valence-corrected chi connectivity index (χ0v) is 12.0. The maximum atomic E-state index is 12.2. The van der Waals surface area contributed by atoms with Gasteiger partial charge in [0.2, 0.25) is 5.91 Å². The number of ketones is 1. The minimum atomic E-state index is -0.920. The Morgan fingerprint density at radius 3 is 2.45 bits per heavy atom. The van der Waals surface area contributed by atoms with E-state index < -0.39 is 17.6 Å². The third-order valence-corrected chi connectivity index (χ3v) is 4.19. The summed E-state index contributed by atoms with van der Waals surface area (Å²) in [6, 6.07) is 4.39. The van der Waals surface area contributed by atoms with E-state index in [2.05, 4.69) is 5.32 Å². The first-order valence-corrected chi connectivity index (χ1v) is 7.41. The van der Waals surface area contributed by atoms with E-state index in [1.165, 1.54) is 18.6 Å². The second-order valence-corrected chi connectivity index (χ2v) is 5.70. The fourth-order valence-electron chi connectivity index (χ4n) is 2.97. The molecule has 3 rings (SSSR count).